The number of fused-ring (bicyclic) bond motifs is 2. The van der Waals surface area contributed by atoms with Crippen LogP contribution in [0.4, 0.5) is 11.4 Å². The van der Waals surface area contributed by atoms with Crippen molar-refractivity contribution in [2.24, 2.45) is 0 Å². The van der Waals surface area contributed by atoms with Crippen molar-refractivity contribution in [3.8, 4) is 11.5 Å². The van der Waals surface area contributed by atoms with E-state index in [1.807, 2.05) is 48.5 Å². The molecule has 0 radical (unpaired) electrons. The van der Waals surface area contributed by atoms with E-state index in [2.05, 4.69) is 19.8 Å². The van der Waals surface area contributed by atoms with Gasteiger partial charge < -0.3 is 14.4 Å². The van der Waals surface area contributed by atoms with Crippen molar-refractivity contribution in [1.29, 1.82) is 0 Å². The summed E-state index contributed by atoms with van der Waals surface area (Å²) in [4.78, 5) is 13.5. The van der Waals surface area contributed by atoms with E-state index in [0.717, 1.165) is 35.3 Å². The Balaban J connectivity index is 1.42. The molecule has 7 rings (SSSR count). The molecule has 2 aliphatic rings. The van der Waals surface area contributed by atoms with Gasteiger partial charge in [0.05, 0.1) is 37.5 Å². The molecule has 0 saturated carbocycles. The van der Waals surface area contributed by atoms with Crippen LogP contribution in [-0.2, 0) is 15.6 Å². The van der Waals surface area contributed by atoms with Gasteiger partial charge in [-0.3, -0.25) is 19.2 Å². The first kappa shape index (κ1) is 29.3. The van der Waals surface area contributed by atoms with Gasteiger partial charge in [0, 0.05) is 72.0 Å². The van der Waals surface area contributed by atoms with Gasteiger partial charge in [0.2, 0.25) is 0 Å². The summed E-state index contributed by atoms with van der Waals surface area (Å²) in [5, 5.41) is 1.27. The number of halogens is 1. The van der Waals surface area contributed by atoms with Gasteiger partial charge in [-0.1, -0.05) is 41.9 Å². The smallest absolute Gasteiger partial charge is 0.266 e. The highest BCUT2D eigenvalue weighted by atomic mass is 35.5. The average Bonchev–Trinajstić information content (AvgIpc) is 3.44. The van der Waals surface area contributed by atoms with Gasteiger partial charge in [-0.25, -0.2) is 8.42 Å². The van der Waals surface area contributed by atoms with Gasteiger partial charge in [-0.2, -0.15) is 0 Å². The minimum absolute atomic E-state index is 0.104. The Morgan fingerprint density at radius 2 is 1.58 bits per heavy atom. The van der Waals surface area contributed by atoms with Gasteiger partial charge in [-0.15, -0.1) is 0 Å². The number of pyridine rings is 2. The molecular weight excluding hydrogens is 610 g/mol. The zero-order chi connectivity index (χ0) is 31.2. The van der Waals surface area contributed by atoms with Crippen molar-refractivity contribution < 1.29 is 17.9 Å². The number of benzene rings is 3. The van der Waals surface area contributed by atoms with Crippen molar-refractivity contribution >= 4 is 43.9 Å². The molecule has 1 saturated heterocycles. The number of methoxy groups -OCH3 is 2. The molecule has 0 aliphatic carbocycles. The number of piperazine rings is 1. The molecule has 2 aliphatic heterocycles. The summed E-state index contributed by atoms with van der Waals surface area (Å²) in [6, 6.07) is 24.1. The van der Waals surface area contributed by atoms with Crippen LogP contribution in [0.5, 0.6) is 11.5 Å². The van der Waals surface area contributed by atoms with Crippen LogP contribution < -0.4 is 18.7 Å². The maximum atomic E-state index is 14.8. The fourth-order valence-electron chi connectivity index (χ4n) is 6.84. The zero-order valence-electron chi connectivity index (χ0n) is 24.9. The minimum atomic E-state index is -4.09. The normalized spacial score (nSPS) is 18.6. The maximum absolute atomic E-state index is 14.8. The van der Waals surface area contributed by atoms with Crippen LogP contribution in [0.2, 0.25) is 5.02 Å². The number of aromatic nitrogens is 2. The molecule has 9 nitrogen and oxygen atoms in total. The maximum Gasteiger partial charge on any atom is 0.266 e. The average molecular weight is 642 g/mol. The Morgan fingerprint density at radius 3 is 2.33 bits per heavy atom. The van der Waals surface area contributed by atoms with Gasteiger partial charge >= 0.3 is 0 Å². The van der Waals surface area contributed by atoms with Crippen LogP contribution in [0.15, 0.2) is 102 Å². The quantitative estimate of drug-likeness (QED) is 0.228. The molecule has 4 heterocycles. The lowest BCUT2D eigenvalue weighted by atomic mass is 9.81. The van der Waals surface area contributed by atoms with E-state index in [9.17, 15) is 8.42 Å². The van der Waals surface area contributed by atoms with Crippen LogP contribution in [0.25, 0.3) is 10.9 Å². The van der Waals surface area contributed by atoms with E-state index in [4.69, 9.17) is 21.1 Å². The molecule has 45 heavy (non-hydrogen) atoms. The van der Waals surface area contributed by atoms with Gasteiger partial charge in [-0.05, 0) is 48.5 Å². The van der Waals surface area contributed by atoms with Crippen molar-refractivity contribution in [3.63, 3.8) is 0 Å². The third-order valence-corrected chi connectivity index (χ3v) is 10.9. The number of anilines is 2. The van der Waals surface area contributed by atoms with E-state index < -0.39 is 15.6 Å². The van der Waals surface area contributed by atoms with E-state index in [0.29, 0.717) is 40.8 Å². The van der Waals surface area contributed by atoms with Crippen LogP contribution in [-0.4, -0.2) is 70.2 Å². The molecule has 0 bridgehead atoms. The monoisotopic (exact) mass is 641 g/mol. The second-order valence-corrected chi connectivity index (χ2v) is 13.4. The van der Waals surface area contributed by atoms with E-state index >= 15 is 0 Å². The van der Waals surface area contributed by atoms with E-state index in [1.54, 1.807) is 63.1 Å². The fraction of sp³-hybridized carbons (Fsp3) is 0.235. The van der Waals surface area contributed by atoms with Crippen LogP contribution >= 0.6 is 11.6 Å². The number of sulfonamides is 1. The second kappa shape index (κ2) is 11.5. The van der Waals surface area contributed by atoms with Crippen LogP contribution in [0, 0.1) is 0 Å². The number of hydrogen-bond donors (Lipinski definition) is 0. The largest absolute Gasteiger partial charge is 0.493 e. The van der Waals surface area contributed by atoms with Gasteiger partial charge in [0.1, 0.15) is 4.90 Å². The summed E-state index contributed by atoms with van der Waals surface area (Å²) < 4.78 is 42.8. The number of nitrogens with zero attached hydrogens (tertiary/aromatic N) is 5. The minimum Gasteiger partial charge on any atom is -0.493 e. The topological polar surface area (TPSA) is 88.1 Å². The lowest BCUT2D eigenvalue weighted by Gasteiger charge is -2.47. The first-order chi connectivity index (χ1) is 21.9. The molecule has 0 spiro atoms. The molecule has 1 fully saturated rings. The molecule has 230 valence electrons. The SMILES string of the molecule is COc1cccc(C2(N3CCN(c4ccncc4)CC3)CN(S(=O)(=O)c3cccc4cccnc34)c3ccc(Cl)cc32)c1OC. The van der Waals surface area contributed by atoms with Crippen molar-refractivity contribution in [2.45, 2.75) is 10.4 Å². The van der Waals surface area contributed by atoms with Crippen LogP contribution in [0.3, 0.4) is 0 Å². The Morgan fingerprint density at radius 1 is 0.822 bits per heavy atom. The Kier molecular flexibility index (Phi) is 7.51. The molecule has 11 heteroatoms. The van der Waals surface area contributed by atoms with E-state index in [-0.39, 0.29) is 11.4 Å². The lowest BCUT2D eigenvalue weighted by molar-refractivity contribution is 0.125. The molecule has 1 atom stereocenters. The zero-order valence-corrected chi connectivity index (χ0v) is 26.5. The fourth-order valence-corrected chi connectivity index (χ4v) is 8.69. The Hall–Kier alpha value is -4.38. The summed E-state index contributed by atoms with van der Waals surface area (Å²) >= 11 is 6.70. The number of ether oxygens (including phenoxy) is 2. The highest BCUT2D eigenvalue weighted by Gasteiger charge is 2.54. The number of para-hydroxylation sites is 2. The van der Waals surface area contributed by atoms with Gasteiger partial charge in [0.15, 0.2) is 11.5 Å². The molecule has 5 aromatic rings. The predicted octanol–water partition coefficient (Wildman–Crippen LogP) is 5.58. The number of hydrogen-bond acceptors (Lipinski definition) is 8. The second-order valence-electron chi connectivity index (χ2n) is 11.1. The molecule has 1 unspecified atom stereocenters. The Labute approximate surface area is 267 Å². The predicted molar refractivity (Wildman–Crippen MR) is 176 cm³/mol. The number of rotatable bonds is 7. The molecular formula is C34H32ClN5O4S. The van der Waals surface area contributed by atoms with Crippen molar-refractivity contribution in [1.82, 2.24) is 14.9 Å². The van der Waals surface area contributed by atoms with Crippen molar-refractivity contribution in [3.05, 3.63) is 114 Å². The summed E-state index contributed by atoms with van der Waals surface area (Å²) in [7, 11) is -0.872. The molecule has 0 N–H and O–H groups in total. The first-order valence-electron chi connectivity index (χ1n) is 14.7. The van der Waals surface area contributed by atoms with Gasteiger partial charge in [0.25, 0.3) is 10.0 Å². The highest BCUT2D eigenvalue weighted by molar-refractivity contribution is 7.93. The standard InChI is InChI=1S/C34H32ClN5O4S/c1-43-30-9-4-8-27(33(30)44-2)34(39-20-18-38(19-21-39)26-13-16-36-17-14-26)23-40(29-12-11-25(35)22-28(29)34)45(41,42)31-10-3-6-24-7-5-15-37-32(24)31/h3-17,22H,18-21,23H2,1-2H3. The summed E-state index contributed by atoms with van der Waals surface area (Å²) in [5.74, 6) is 1.11. The summed E-state index contributed by atoms with van der Waals surface area (Å²) in [6.07, 6.45) is 5.21. The third kappa shape index (κ3) is 4.75. The van der Waals surface area contributed by atoms with Crippen molar-refractivity contribution in [2.75, 3.05) is 56.1 Å². The third-order valence-electron chi connectivity index (χ3n) is 8.90. The molecule has 2 aromatic heterocycles. The molecule has 3 aromatic carbocycles. The summed E-state index contributed by atoms with van der Waals surface area (Å²) in [6.45, 7) is 2.87. The van der Waals surface area contributed by atoms with E-state index in [1.165, 1.54) is 4.31 Å². The highest BCUT2D eigenvalue weighted by Crippen LogP contribution is 2.54. The first-order valence-corrected chi connectivity index (χ1v) is 16.5. The Bertz CT molecular complexity index is 1980. The van der Waals surface area contributed by atoms with Crippen LogP contribution in [0.1, 0.15) is 11.1 Å². The summed E-state index contributed by atoms with van der Waals surface area (Å²) in [5.41, 5.74) is 2.73. The molecule has 0 amide bonds. The lowest BCUT2D eigenvalue weighted by Crippen LogP contribution is -2.58.